The molecular formula is C23H25N3O3S. The second kappa shape index (κ2) is 8.44. The molecule has 0 saturated carbocycles. The van der Waals surface area contributed by atoms with Gasteiger partial charge in [-0.25, -0.2) is 0 Å². The quantitative estimate of drug-likeness (QED) is 0.645. The second-order valence-electron chi connectivity index (χ2n) is 7.74. The first-order valence-electron chi connectivity index (χ1n) is 10.1. The molecule has 3 heterocycles. The molecule has 2 aromatic heterocycles. The van der Waals surface area contributed by atoms with Crippen LogP contribution < -0.4 is 5.32 Å². The minimum Gasteiger partial charge on any atom is -0.361 e. The summed E-state index contributed by atoms with van der Waals surface area (Å²) < 4.78 is 5.60. The van der Waals surface area contributed by atoms with Gasteiger partial charge in [0.25, 0.3) is 0 Å². The SMILES string of the molecule is CC(=O)N1CCCC1(Cc1cc(-c2ccccc2)no1)C(=O)NC(C)c1cccs1. The second-order valence-corrected chi connectivity index (χ2v) is 8.72. The van der Waals surface area contributed by atoms with Crippen LogP contribution in [0.1, 0.15) is 43.4 Å². The van der Waals surface area contributed by atoms with Crippen molar-refractivity contribution in [3.63, 3.8) is 0 Å². The van der Waals surface area contributed by atoms with Crippen molar-refractivity contribution in [1.82, 2.24) is 15.4 Å². The van der Waals surface area contributed by atoms with Crippen LogP contribution in [-0.2, 0) is 16.0 Å². The molecule has 156 valence electrons. The van der Waals surface area contributed by atoms with Crippen LogP contribution in [0.15, 0.2) is 58.4 Å². The van der Waals surface area contributed by atoms with Gasteiger partial charge in [0.1, 0.15) is 17.0 Å². The molecule has 2 amide bonds. The van der Waals surface area contributed by atoms with Crippen LogP contribution in [0.3, 0.4) is 0 Å². The molecule has 2 unspecified atom stereocenters. The summed E-state index contributed by atoms with van der Waals surface area (Å²) in [6.07, 6.45) is 1.67. The zero-order chi connectivity index (χ0) is 21.1. The molecule has 0 aliphatic carbocycles. The van der Waals surface area contributed by atoms with Gasteiger partial charge in [0.05, 0.1) is 6.04 Å². The standard InChI is InChI=1S/C23H25N3O3S/c1-16(21-10-6-13-30-21)24-22(28)23(11-7-12-26(23)17(2)27)15-19-14-20(25-29-19)18-8-4-3-5-9-18/h3-6,8-10,13-14,16H,7,11-12,15H2,1-2H3,(H,24,28). The topological polar surface area (TPSA) is 75.4 Å². The van der Waals surface area contributed by atoms with Crippen LogP contribution in [0.2, 0.25) is 0 Å². The molecule has 1 saturated heterocycles. The maximum Gasteiger partial charge on any atom is 0.246 e. The van der Waals surface area contributed by atoms with E-state index in [9.17, 15) is 9.59 Å². The number of carbonyl (C=O) groups excluding carboxylic acids is 2. The fourth-order valence-electron chi connectivity index (χ4n) is 4.21. The highest BCUT2D eigenvalue weighted by Gasteiger charge is 2.49. The lowest BCUT2D eigenvalue weighted by molar-refractivity contribution is -0.144. The molecule has 4 rings (SSSR count). The van der Waals surface area contributed by atoms with Gasteiger partial charge in [0.2, 0.25) is 11.8 Å². The summed E-state index contributed by atoms with van der Waals surface area (Å²) in [4.78, 5) is 28.7. The highest BCUT2D eigenvalue weighted by atomic mass is 32.1. The summed E-state index contributed by atoms with van der Waals surface area (Å²) >= 11 is 1.60. The van der Waals surface area contributed by atoms with Gasteiger partial charge in [0, 0.05) is 36.4 Å². The molecule has 1 aliphatic rings. The summed E-state index contributed by atoms with van der Waals surface area (Å²) in [7, 11) is 0. The van der Waals surface area contributed by atoms with E-state index < -0.39 is 5.54 Å². The Kier molecular flexibility index (Phi) is 5.72. The number of likely N-dealkylation sites (tertiary alicyclic amines) is 1. The molecule has 1 aromatic carbocycles. The fraction of sp³-hybridized carbons (Fsp3) is 0.348. The highest BCUT2D eigenvalue weighted by Crippen LogP contribution is 2.35. The van der Waals surface area contributed by atoms with E-state index in [1.165, 1.54) is 6.92 Å². The largest absolute Gasteiger partial charge is 0.361 e. The molecule has 2 atom stereocenters. The van der Waals surface area contributed by atoms with E-state index >= 15 is 0 Å². The third-order valence-electron chi connectivity index (χ3n) is 5.70. The van der Waals surface area contributed by atoms with Crippen molar-refractivity contribution in [2.75, 3.05) is 6.54 Å². The van der Waals surface area contributed by atoms with Gasteiger partial charge in [-0.1, -0.05) is 41.6 Å². The Morgan fingerprint density at radius 3 is 2.77 bits per heavy atom. The predicted octanol–water partition coefficient (Wildman–Crippen LogP) is 4.20. The highest BCUT2D eigenvalue weighted by molar-refractivity contribution is 7.10. The smallest absolute Gasteiger partial charge is 0.246 e. The third-order valence-corrected chi connectivity index (χ3v) is 6.76. The van der Waals surface area contributed by atoms with Crippen molar-refractivity contribution in [2.45, 2.75) is 44.7 Å². The molecule has 1 fully saturated rings. The Morgan fingerprint density at radius 1 is 1.27 bits per heavy atom. The van der Waals surface area contributed by atoms with Crippen LogP contribution >= 0.6 is 11.3 Å². The Labute approximate surface area is 179 Å². The number of thiophene rings is 1. The van der Waals surface area contributed by atoms with E-state index in [1.807, 2.05) is 60.8 Å². The molecule has 0 radical (unpaired) electrons. The minimum absolute atomic E-state index is 0.103. The summed E-state index contributed by atoms with van der Waals surface area (Å²) in [6.45, 7) is 4.05. The van der Waals surface area contributed by atoms with Crippen molar-refractivity contribution < 1.29 is 14.1 Å². The molecule has 1 N–H and O–H groups in total. The van der Waals surface area contributed by atoms with Crippen molar-refractivity contribution in [3.05, 3.63) is 64.5 Å². The number of hydrogen-bond donors (Lipinski definition) is 1. The average molecular weight is 424 g/mol. The summed E-state index contributed by atoms with van der Waals surface area (Å²) in [5.74, 6) is 0.351. The van der Waals surface area contributed by atoms with Gasteiger partial charge in [0.15, 0.2) is 0 Å². The lowest BCUT2D eigenvalue weighted by Gasteiger charge is -2.36. The number of amides is 2. The maximum atomic E-state index is 13.5. The minimum atomic E-state index is -0.967. The summed E-state index contributed by atoms with van der Waals surface area (Å²) in [5, 5.41) is 9.30. The lowest BCUT2D eigenvalue weighted by atomic mass is 9.88. The van der Waals surface area contributed by atoms with Crippen molar-refractivity contribution in [3.8, 4) is 11.3 Å². The maximum absolute atomic E-state index is 13.5. The zero-order valence-electron chi connectivity index (χ0n) is 17.1. The first-order valence-corrected chi connectivity index (χ1v) is 11.0. The van der Waals surface area contributed by atoms with Crippen molar-refractivity contribution in [2.24, 2.45) is 0 Å². The monoisotopic (exact) mass is 423 g/mol. The molecule has 1 aliphatic heterocycles. The number of hydrogen-bond acceptors (Lipinski definition) is 5. The third kappa shape index (κ3) is 3.89. The predicted molar refractivity (Wildman–Crippen MR) is 116 cm³/mol. The number of nitrogens with zero attached hydrogens (tertiary/aromatic N) is 2. The summed E-state index contributed by atoms with van der Waals surface area (Å²) in [5.41, 5.74) is 0.706. The Bertz CT molecular complexity index is 1020. The number of rotatable bonds is 6. The van der Waals surface area contributed by atoms with Crippen LogP contribution in [0.5, 0.6) is 0 Å². The number of nitrogens with one attached hydrogen (secondary N) is 1. The van der Waals surface area contributed by atoms with Crippen LogP contribution in [0.4, 0.5) is 0 Å². The number of aromatic nitrogens is 1. The Morgan fingerprint density at radius 2 is 2.07 bits per heavy atom. The zero-order valence-corrected chi connectivity index (χ0v) is 17.9. The fourth-order valence-corrected chi connectivity index (χ4v) is 4.94. The van der Waals surface area contributed by atoms with Gasteiger partial charge in [-0.3, -0.25) is 9.59 Å². The van der Waals surface area contributed by atoms with Crippen molar-refractivity contribution in [1.29, 1.82) is 0 Å². The van der Waals surface area contributed by atoms with Gasteiger partial charge in [-0.15, -0.1) is 11.3 Å². The van der Waals surface area contributed by atoms with E-state index in [2.05, 4.69) is 10.5 Å². The molecule has 0 bridgehead atoms. The van der Waals surface area contributed by atoms with Crippen LogP contribution in [0.25, 0.3) is 11.3 Å². The first kappa shape index (κ1) is 20.3. The van der Waals surface area contributed by atoms with Crippen LogP contribution in [-0.4, -0.2) is 34.0 Å². The molecular weight excluding hydrogens is 398 g/mol. The van der Waals surface area contributed by atoms with Gasteiger partial charge >= 0.3 is 0 Å². The van der Waals surface area contributed by atoms with Gasteiger partial charge in [-0.2, -0.15) is 0 Å². The molecule has 0 spiro atoms. The average Bonchev–Trinajstić information content (AvgIpc) is 3.50. The van der Waals surface area contributed by atoms with E-state index in [-0.39, 0.29) is 17.9 Å². The van der Waals surface area contributed by atoms with E-state index in [4.69, 9.17) is 4.52 Å². The molecule has 7 heteroatoms. The lowest BCUT2D eigenvalue weighted by Crippen LogP contribution is -2.58. The Hall–Kier alpha value is -2.93. The first-order chi connectivity index (χ1) is 14.5. The Balaban J connectivity index is 1.61. The van der Waals surface area contributed by atoms with Crippen LogP contribution in [0, 0.1) is 0 Å². The van der Waals surface area contributed by atoms with E-state index in [1.54, 1.807) is 16.2 Å². The van der Waals surface area contributed by atoms with E-state index in [0.717, 1.165) is 22.6 Å². The van der Waals surface area contributed by atoms with Crippen molar-refractivity contribution >= 4 is 23.2 Å². The number of benzene rings is 1. The molecule has 3 aromatic rings. The van der Waals surface area contributed by atoms with Gasteiger partial charge < -0.3 is 14.7 Å². The number of carbonyl (C=O) groups is 2. The molecule has 30 heavy (non-hydrogen) atoms. The normalized spacial score (nSPS) is 19.6. The van der Waals surface area contributed by atoms with E-state index in [0.29, 0.717) is 25.1 Å². The molecule has 6 nitrogen and oxygen atoms in total. The van der Waals surface area contributed by atoms with Gasteiger partial charge in [-0.05, 0) is 31.2 Å². The summed E-state index contributed by atoms with van der Waals surface area (Å²) in [6, 6.07) is 15.5.